The van der Waals surface area contributed by atoms with Gasteiger partial charge in [0.15, 0.2) is 0 Å². The number of piperidine rings is 1. The molecule has 2 heteroatoms. The maximum atomic E-state index is 12.6. The van der Waals surface area contributed by atoms with Crippen molar-refractivity contribution in [1.82, 2.24) is 5.32 Å². The van der Waals surface area contributed by atoms with Crippen molar-refractivity contribution in [3.05, 3.63) is 35.9 Å². The summed E-state index contributed by atoms with van der Waals surface area (Å²) in [6.45, 7) is 0.805. The third kappa shape index (κ3) is 3.03. The van der Waals surface area contributed by atoms with Gasteiger partial charge in [-0.15, -0.1) is 0 Å². The van der Waals surface area contributed by atoms with Gasteiger partial charge in [0.1, 0.15) is 0 Å². The van der Waals surface area contributed by atoms with Crippen LogP contribution < -0.4 is 5.32 Å². The second kappa shape index (κ2) is 5.26. The number of benzene rings is 1. The summed E-state index contributed by atoms with van der Waals surface area (Å²) in [7, 11) is 0. The Kier molecular flexibility index (Phi) is 3.73. The number of hydrogen-bond acceptors (Lipinski definition) is 1. The average molecular weight is 207 g/mol. The topological polar surface area (TPSA) is 12.0 Å². The lowest BCUT2D eigenvalue weighted by Crippen LogP contribution is -2.40. The fraction of sp³-hybridized carbons (Fsp3) is 0.538. The Labute approximate surface area is 90.7 Å². The highest BCUT2D eigenvalue weighted by atomic mass is 19.1. The first-order valence-corrected chi connectivity index (χ1v) is 5.71. The summed E-state index contributed by atoms with van der Waals surface area (Å²) in [4.78, 5) is 0. The summed E-state index contributed by atoms with van der Waals surface area (Å²) >= 11 is 0. The highest BCUT2D eigenvalue weighted by Crippen LogP contribution is 2.19. The van der Waals surface area contributed by atoms with Gasteiger partial charge < -0.3 is 5.32 Å². The van der Waals surface area contributed by atoms with E-state index >= 15 is 0 Å². The molecule has 0 amide bonds. The minimum absolute atomic E-state index is 0.160. The molecule has 0 aliphatic carbocycles. The minimum atomic E-state index is -0.160. The van der Waals surface area contributed by atoms with Crippen LogP contribution in [0.4, 0.5) is 4.39 Å². The molecule has 2 unspecified atom stereocenters. The largest absolute Gasteiger partial charge is 0.314 e. The number of halogens is 1. The lowest BCUT2D eigenvalue weighted by Gasteiger charge is -2.28. The summed E-state index contributed by atoms with van der Waals surface area (Å²) < 4.78 is 12.6. The van der Waals surface area contributed by atoms with E-state index in [0.29, 0.717) is 6.04 Å². The first-order valence-electron chi connectivity index (χ1n) is 5.71. The van der Waals surface area contributed by atoms with Gasteiger partial charge in [-0.3, -0.25) is 4.39 Å². The molecular weight excluding hydrogens is 189 g/mol. The quantitative estimate of drug-likeness (QED) is 0.803. The monoisotopic (exact) mass is 207 g/mol. The molecule has 0 spiro atoms. The van der Waals surface area contributed by atoms with Crippen LogP contribution in [0.2, 0.25) is 0 Å². The molecule has 15 heavy (non-hydrogen) atoms. The van der Waals surface area contributed by atoms with Crippen molar-refractivity contribution in [3.8, 4) is 0 Å². The Bertz CT molecular complexity index is 286. The molecule has 1 aromatic carbocycles. The Balaban J connectivity index is 1.89. The van der Waals surface area contributed by atoms with Crippen molar-refractivity contribution in [1.29, 1.82) is 0 Å². The van der Waals surface area contributed by atoms with E-state index < -0.39 is 0 Å². The zero-order chi connectivity index (χ0) is 10.5. The molecular formula is C13H18FN. The van der Waals surface area contributed by atoms with Gasteiger partial charge >= 0.3 is 0 Å². The minimum Gasteiger partial charge on any atom is -0.314 e. The van der Waals surface area contributed by atoms with E-state index in [4.69, 9.17) is 0 Å². The molecule has 1 fully saturated rings. The van der Waals surface area contributed by atoms with Gasteiger partial charge in [0.2, 0.25) is 0 Å². The Morgan fingerprint density at radius 1 is 1.27 bits per heavy atom. The molecule has 2 rings (SSSR count). The SMILES string of the molecule is FCC1CCNC(Cc2ccccc2)C1. The number of hydrogen-bond donors (Lipinski definition) is 1. The molecule has 0 radical (unpaired) electrons. The number of nitrogens with one attached hydrogen (secondary N) is 1. The Morgan fingerprint density at radius 2 is 2.07 bits per heavy atom. The second-order valence-electron chi connectivity index (χ2n) is 4.39. The maximum absolute atomic E-state index is 12.6. The van der Waals surface area contributed by atoms with E-state index in [1.807, 2.05) is 6.07 Å². The van der Waals surface area contributed by atoms with Crippen molar-refractivity contribution < 1.29 is 4.39 Å². The van der Waals surface area contributed by atoms with E-state index in [0.717, 1.165) is 25.8 Å². The van der Waals surface area contributed by atoms with Crippen LogP contribution in [0.1, 0.15) is 18.4 Å². The second-order valence-corrected chi connectivity index (χ2v) is 4.39. The molecule has 0 aromatic heterocycles. The van der Waals surface area contributed by atoms with Crippen LogP contribution in [0.5, 0.6) is 0 Å². The van der Waals surface area contributed by atoms with E-state index in [1.54, 1.807) is 0 Å². The Morgan fingerprint density at radius 3 is 2.80 bits per heavy atom. The molecule has 1 aromatic rings. The Hall–Kier alpha value is -0.890. The molecule has 0 bridgehead atoms. The van der Waals surface area contributed by atoms with Gasteiger partial charge in [-0.1, -0.05) is 30.3 Å². The van der Waals surface area contributed by atoms with Crippen molar-refractivity contribution >= 4 is 0 Å². The average Bonchev–Trinajstić information content (AvgIpc) is 2.31. The molecule has 1 nitrogen and oxygen atoms in total. The standard InChI is InChI=1S/C13H18FN/c14-10-12-6-7-15-13(9-12)8-11-4-2-1-3-5-11/h1-5,12-13,15H,6-10H2. The predicted molar refractivity (Wildman–Crippen MR) is 60.6 cm³/mol. The number of rotatable bonds is 3. The zero-order valence-corrected chi connectivity index (χ0v) is 8.95. The van der Waals surface area contributed by atoms with Gasteiger partial charge in [-0.2, -0.15) is 0 Å². The smallest absolute Gasteiger partial charge is 0.0923 e. The van der Waals surface area contributed by atoms with Crippen molar-refractivity contribution in [2.45, 2.75) is 25.3 Å². The van der Waals surface area contributed by atoms with Crippen LogP contribution in [0, 0.1) is 5.92 Å². The van der Waals surface area contributed by atoms with Crippen LogP contribution in [0.25, 0.3) is 0 Å². The van der Waals surface area contributed by atoms with Gasteiger partial charge in [0.25, 0.3) is 0 Å². The fourth-order valence-corrected chi connectivity index (χ4v) is 2.29. The third-order valence-corrected chi connectivity index (χ3v) is 3.15. The lowest BCUT2D eigenvalue weighted by atomic mass is 9.90. The summed E-state index contributed by atoms with van der Waals surface area (Å²) in [5.74, 6) is 0.278. The van der Waals surface area contributed by atoms with E-state index in [-0.39, 0.29) is 12.6 Å². The van der Waals surface area contributed by atoms with Crippen LogP contribution in [-0.2, 0) is 6.42 Å². The summed E-state index contributed by atoms with van der Waals surface area (Å²) in [5, 5.41) is 3.47. The first kappa shape index (κ1) is 10.6. The highest BCUT2D eigenvalue weighted by Gasteiger charge is 2.21. The zero-order valence-electron chi connectivity index (χ0n) is 8.95. The van der Waals surface area contributed by atoms with Gasteiger partial charge in [-0.05, 0) is 37.3 Å². The van der Waals surface area contributed by atoms with Crippen LogP contribution in [0.3, 0.4) is 0 Å². The summed E-state index contributed by atoms with van der Waals surface area (Å²) in [6.07, 6.45) is 2.99. The van der Waals surface area contributed by atoms with E-state index in [9.17, 15) is 4.39 Å². The third-order valence-electron chi connectivity index (χ3n) is 3.15. The van der Waals surface area contributed by atoms with Gasteiger partial charge in [-0.25, -0.2) is 0 Å². The molecule has 1 saturated heterocycles. The predicted octanol–water partition coefficient (Wildman–Crippen LogP) is 2.57. The molecule has 82 valence electrons. The molecule has 1 aliphatic heterocycles. The van der Waals surface area contributed by atoms with Gasteiger partial charge in [0, 0.05) is 6.04 Å². The van der Waals surface area contributed by atoms with Crippen molar-refractivity contribution in [2.24, 2.45) is 5.92 Å². The van der Waals surface area contributed by atoms with Crippen LogP contribution >= 0.6 is 0 Å². The molecule has 1 N–H and O–H groups in total. The van der Waals surface area contributed by atoms with E-state index in [2.05, 4.69) is 29.6 Å². The normalized spacial score (nSPS) is 26.5. The van der Waals surface area contributed by atoms with Gasteiger partial charge in [0.05, 0.1) is 6.67 Å². The molecule has 2 atom stereocenters. The highest BCUT2D eigenvalue weighted by molar-refractivity contribution is 5.16. The molecule has 1 aliphatic rings. The van der Waals surface area contributed by atoms with Crippen molar-refractivity contribution in [2.75, 3.05) is 13.2 Å². The molecule has 0 saturated carbocycles. The van der Waals surface area contributed by atoms with Crippen LogP contribution in [0.15, 0.2) is 30.3 Å². The summed E-state index contributed by atoms with van der Waals surface area (Å²) in [6, 6.07) is 10.9. The van der Waals surface area contributed by atoms with Crippen LogP contribution in [-0.4, -0.2) is 19.3 Å². The molecule has 1 heterocycles. The van der Waals surface area contributed by atoms with E-state index in [1.165, 1.54) is 5.56 Å². The number of alkyl halides is 1. The fourth-order valence-electron chi connectivity index (χ4n) is 2.29. The first-order chi connectivity index (χ1) is 7.38. The lowest BCUT2D eigenvalue weighted by molar-refractivity contribution is 0.248. The maximum Gasteiger partial charge on any atom is 0.0923 e. The summed E-state index contributed by atoms with van der Waals surface area (Å²) in [5.41, 5.74) is 1.34. The van der Waals surface area contributed by atoms with Crippen molar-refractivity contribution in [3.63, 3.8) is 0 Å².